The van der Waals surface area contributed by atoms with E-state index in [1.165, 1.54) is 39.2 Å². The lowest BCUT2D eigenvalue weighted by molar-refractivity contribution is -0.122. The number of halogens is 1. The molecule has 214 valence electrons. The average Bonchev–Trinajstić information content (AvgIpc) is 2.95. The summed E-state index contributed by atoms with van der Waals surface area (Å²) in [5.74, 6) is -0.0200. The fraction of sp³-hybridized carbons (Fsp3) is 0.207. The van der Waals surface area contributed by atoms with E-state index in [9.17, 15) is 18.0 Å². The van der Waals surface area contributed by atoms with Gasteiger partial charge in [-0.2, -0.15) is 0 Å². The summed E-state index contributed by atoms with van der Waals surface area (Å²) in [5.41, 5.74) is 7.79. The van der Waals surface area contributed by atoms with Crippen molar-refractivity contribution in [1.29, 1.82) is 0 Å². The topological polar surface area (TPSA) is 153 Å². The number of fused-ring (bicyclic) bond motifs is 1. The van der Waals surface area contributed by atoms with Crippen LogP contribution in [0.15, 0.2) is 71.8 Å². The molecule has 4 aromatic rings. The lowest BCUT2D eigenvalue weighted by atomic mass is 10.0. The fourth-order valence-corrected chi connectivity index (χ4v) is 5.70. The number of methoxy groups -OCH3 is 1. The summed E-state index contributed by atoms with van der Waals surface area (Å²) in [7, 11) is -2.11. The third kappa shape index (κ3) is 6.87. The van der Waals surface area contributed by atoms with E-state index in [2.05, 4.69) is 20.9 Å². The third-order valence-corrected chi connectivity index (χ3v) is 8.60. The van der Waals surface area contributed by atoms with E-state index in [0.717, 1.165) is 10.8 Å². The van der Waals surface area contributed by atoms with Gasteiger partial charge in [0.05, 0.1) is 17.8 Å². The number of pyridine rings is 1. The molecule has 5 N–H and O–H groups in total. The Kier molecular flexibility index (Phi) is 8.99. The van der Waals surface area contributed by atoms with Crippen molar-refractivity contribution in [3.63, 3.8) is 0 Å². The number of carbonyl (C=O) groups excluding carboxylic acids is 2. The highest BCUT2D eigenvalue weighted by molar-refractivity contribution is 7.91. The minimum Gasteiger partial charge on any atom is -0.497 e. The van der Waals surface area contributed by atoms with Gasteiger partial charge in [0.15, 0.2) is 9.84 Å². The van der Waals surface area contributed by atoms with Crippen molar-refractivity contribution < 1.29 is 22.7 Å². The van der Waals surface area contributed by atoms with Crippen molar-refractivity contribution in [3.05, 3.63) is 83.0 Å². The van der Waals surface area contributed by atoms with E-state index < -0.39 is 21.8 Å². The zero-order valence-corrected chi connectivity index (χ0v) is 24.3. The number of amides is 2. The highest BCUT2D eigenvalue weighted by atomic mass is 35.5. The maximum atomic E-state index is 13.8. The number of nitrogens with two attached hydrogens (primary N) is 1. The molecular weight excluding hydrogens is 566 g/mol. The molecule has 2 amide bonds. The normalized spacial score (nSPS) is 12.0. The quantitative estimate of drug-likeness (QED) is 0.206. The number of ether oxygens (including phenoxy) is 1. The SMILES string of the molecule is CCS(=O)(=O)c1ccc(NC(C)=O)cc1CNC(=O)C(Nc1ccc2c(N)nccc2c1)c1cc(OC)ccc1Cl. The Hall–Kier alpha value is -4.35. The maximum absolute atomic E-state index is 13.8. The van der Waals surface area contributed by atoms with Gasteiger partial charge in [-0.3, -0.25) is 9.59 Å². The van der Waals surface area contributed by atoms with Gasteiger partial charge in [-0.25, -0.2) is 13.4 Å². The van der Waals surface area contributed by atoms with E-state index >= 15 is 0 Å². The number of hydrogen-bond acceptors (Lipinski definition) is 8. The zero-order chi connectivity index (χ0) is 29.7. The molecule has 1 unspecified atom stereocenters. The third-order valence-electron chi connectivity index (χ3n) is 6.43. The molecule has 3 aromatic carbocycles. The van der Waals surface area contributed by atoms with Crippen LogP contribution < -0.4 is 26.4 Å². The van der Waals surface area contributed by atoms with Gasteiger partial charge in [-0.05, 0) is 71.6 Å². The highest BCUT2D eigenvalue weighted by Gasteiger charge is 2.25. The number of aromatic nitrogens is 1. The molecule has 12 heteroatoms. The standard InChI is InChI=1S/C29H30ClN5O5S/c1-4-41(38,39)26-10-6-20(34-17(2)36)14-19(26)16-33-29(37)27(24-15-22(40-3)7-9-25(24)30)35-21-5-8-23-18(13-21)11-12-32-28(23)31/h5-15,27,35H,4,16H2,1-3H3,(H2,31,32)(H,33,37)(H,34,36). The predicted octanol–water partition coefficient (Wildman–Crippen LogP) is 4.70. The Balaban J connectivity index is 1.70. The van der Waals surface area contributed by atoms with E-state index in [-0.39, 0.29) is 23.1 Å². The van der Waals surface area contributed by atoms with E-state index in [1.807, 2.05) is 12.1 Å². The molecule has 0 bridgehead atoms. The van der Waals surface area contributed by atoms with Crippen molar-refractivity contribution in [2.45, 2.75) is 31.3 Å². The van der Waals surface area contributed by atoms with Gasteiger partial charge >= 0.3 is 0 Å². The van der Waals surface area contributed by atoms with Crippen LogP contribution in [0.1, 0.15) is 31.0 Å². The van der Waals surface area contributed by atoms with E-state index in [0.29, 0.717) is 39.1 Å². The molecular formula is C29H30ClN5O5S. The lowest BCUT2D eigenvalue weighted by Gasteiger charge is -2.22. The number of carbonyl (C=O) groups is 2. The number of nitrogens with one attached hydrogen (secondary N) is 3. The summed E-state index contributed by atoms with van der Waals surface area (Å²) in [6, 6.07) is 15.7. The first-order valence-corrected chi connectivity index (χ1v) is 14.7. The number of nitrogen functional groups attached to an aromatic ring is 1. The van der Waals surface area contributed by atoms with Gasteiger partial charge in [-0.1, -0.05) is 18.5 Å². The van der Waals surface area contributed by atoms with Crippen molar-refractivity contribution in [3.8, 4) is 5.75 Å². The first kappa shape index (κ1) is 29.6. The van der Waals surface area contributed by atoms with Crippen molar-refractivity contribution in [2.75, 3.05) is 29.2 Å². The Morgan fingerprint density at radius 3 is 2.51 bits per heavy atom. The van der Waals surface area contributed by atoms with Gasteiger partial charge in [-0.15, -0.1) is 0 Å². The maximum Gasteiger partial charge on any atom is 0.247 e. The Morgan fingerprint density at radius 1 is 1.05 bits per heavy atom. The number of hydrogen-bond donors (Lipinski definition) is 4. The first-order chi connectivity index (χ1) is 19.5. The van der Waals surface area contributed by atoms with Crippen molar-refractivity contribution >= 4 is 61.2 Å². The van der Waals surface area contributed by atoms with Gasteiger partial charge < -0.3 is 26.4 Å². The van der Waals surface area contributed by atoms with Crippen LogP contribution in [-0.2, 0) is 26.0 Å². The largest absolute Gasteiger partial charge is 0.497 e. The van der Waals surface area contributed by atoms with Crippen LogP contribution in [0.25, 0.3) is 10.8 Å². The second-order valence-electron chi connectivity index (χ2n) is 9.22. The summed E-state index contributed by atoms with van der Waals surface area (Å²) in [6.07, 6.45) is 1.60. The molecule has 41 heavy (non-hydrogen) atoms. The van der Waals surface area contributed by atoms with Crippen LogP contribution in [0.2, 0.25) is 5.02 Å². The number of anilines is 3. The van der Waals surface area contributed by atoms with Gasteiger partial charge in [0.1, 0.15) is 17.6 Å². The lowest BCUT2D eigenvalue weighted by Crippen LogP contribution is -2.33. The van der Waals surface area contributed by atoms with E-state index in [4.69, 9.17) is 22.1 Å². The molecule has 0 spiro atoms. The number of benzene rings is 3. The Labute approximate surface area is 243 Å². The minimum absolute atomic E-state index is 0.0686. The highest BCUT2D eigenvalue weighted by Crippen LogP contribution is 2.32. The van der Waals surface area contributed by atoms with Crippen molar-refractivity contribution in [2.24, 2.45) is 0 Å². The molecule has 4 rings (SSSR count). The molecule has 10 nitrogen and oxygen atoms in total. The minimum atomic E-state index is -3.62. The monoisotopic (exact) mass is 595 g/mol. The van der Waals surface area contributed by atoms with Crippen LogP contribution in [0.5, 0.6) is 5.75 Å². The summed E-state index contributed by atoms with van der Waals surface area (Å²) in [6.45, 7) is 2.77. The first-order valence-electron chi connectivity index (χ1n) is 12.7. The summed E-state index contributed by atoms with van der Waals surface area (Å²) in [4.78, 5) is 29.5. The molecule has 0 radical (unpaired) electrons. The number of sulfone groups is 1. The summed E-state index contributed by atoms with van der Waals surface area (Å²) >= 11 is 6.54. The van der Waals surface area contributed by atoms with Crippen LogP contribution in [-0.4, -0.2) is 38.1 Å². The molecule has 0 aliphatic rings. The zero-order valence-electron chi connectivity index (χ0n) is 22.7. The smallest absolute Gasteiger partial charge is 0.247 e. The predicted molar refractivity (Wildman–Crippen MR) is 161 cm³/mol. The Morgan fingerprint density at radius 2 is 1.80 bits per heavy atom. The van der Waals surface area contributed by atoms with E-state index in [1.54, 1.807) is 36.5 Å². The second-order valence-corrected chi connectivity index (χ2v) is 11.9. The molecule has 0 saturated heterocycles. The number of nitrogens with zero attached hydrogens (tertiary/aromatic N) is 1. The van der Waals surface area contributed by atoms with Crippen molar-refractivity contribution in [1.82, 2.24) is 10.3 Å². The molecule has 1 heterocycles. The second kappa shape index (κ2) is 12.4. The molecule has 1 atom stereocenters. The summed E-state index contributed by atoms with van der Waals surface area (Å²) < 4.78 is 30.9. The molecule has 0 fully saturated rings. The summed E-state index contributed by atoms with van der Waals surface area (Å²) in [5, 5.41) is 10.6. The van der Waals surface area contributed by atoms with Crippen LogP contribution in [0.4, 0.5) is 17.2 Å². The number of rotatable bonds is 10. The van der Waals surface area contributed by atoms with Gasteiger partial charge in [0, 0.05) is 47.0 Å². The molecule has 0 aliphatic heterocycles. The van der Waals surface area contributed by atoms with Gasteiger partial charge in [0.25, 0.3) is 0 Å². The Bertz CT molecular complexity index is 1730. The van der Waals surface area contributed by atoms with Crippen LogP contribution in [0.3, 0.4) is 0 Å². The van der Waals surface area contributed by atoms with Crippen LogP contribution in [0, 0.1) is 0 Å². The molecule has 0 aliphatic carbocycles. The average molecular weight is 596 g/mol. The molecule has 1 aromatic heterocycles. The van der Waals surface area contributed by atoms with Gasteiger partial charge in [0.2, 0.25) is 11.8 Å². The molecule has 0 saturated carbocycles. The fourth-order valence-electron chi connectivity index (χ4n) is 4.35. The van der Waals surface area contributed by atoms with Crippen LogP contribution >= 0.6 is 11.6 Å².